The largest absolute Gasteiger partial charge is 0.274 e. The van der Waals surface area contributed by atoms with Gasteiger partial charge >= 0.3 is 0 Å². The molecule has 0 N–H and O–H groups in total. The van der Waals surface area contributed by atoms with E-state index in [1.807, 2.05) is 0 Å². The Balaban J connectivity index is 1.95. The van der Waals surface area contributed by atoms with E-state index in [0.717, 1.165) is 12.1 Å². The second kappa shape index (κ2) is 7.89. The molecule has 1 heterocycles. The molecule has 0 amide bonds. The van der Waals surface area contributed by atoms with Gasteiger partial charge in [0, 0.05) is 6.07 Å². The molecule has 0 bridgehead atoms. The van der Waals surface area contributed by atoms with Gasteiger partial charge in [-0.15, -0.1) is 0 Å². The van der Waals surface area contributed by atoms with Crippen molar-refractivity contribution in [1.82, 2.24) is 4.31 Å². The minimum Gasteiger partial charge on any atom is -0.258 e. The predicted octanol–water partition coefficient (Wildman–Crippen LogP) is 5.09. The van der Waals surface area contributed by atoms with Crippen LogP contribution in [0.4, 0.5) is 27.6 Å². The van der Waals surface area contributed by atoms with E-state index in [1.165, 1.54) is 36.4 Å². The van der Waals surface area contributed by atoms with Gasteiger partial charge in [-0.05, 0) is 19.1 Å². The highest BCUT2D eigenvalue weighted by atomic mass is 32.2. The van der Waals surface area contributed by atoms with Gasteiger partial charge in [-0.2, -0.15) is 4.31 Å². The molecule has 4 rings (SSSR count). The van der Waals surface area contributed by atoms with Crippen molar-refractivity contribution < 1.29 is 35.3 Å². The third-order valence-corrected chi connectivity index (χ3v) is 7.22. The van der Waals surface area contributed by atoms with Crippen LogP contribution in [-0.2, 0) is 10.0 Å². The zero-order valence-corrected chi connectivity index (χ0v) is 17.4. The molecule has 33 heavy (non-hydrogen) atoms. The molecule has 1 aliphatic heterocycles. The van der Waals surface area contributed by atoms with Crippen LogP contribution in [0.1, 0.15) is 28.8 Å². The highest BCUT2D eigenvalue weighted by molar-refractivity contribution is 7.89. The average Bonchev–Trinajstić information content (AvgIpc) is 3.52. The summed E-state index contributed by atoms with van der Waals surface area (Å²) in [6, 6.07) is 6.64. The number of hydrogen-bond acceptors (Lipinski definition) is 4. The van der Waals surface area contributed by atoms with E-state index in [9.17, 15) is 40.5 Å². The standard InChI is InChI=1S/C21H13F5N2O4S/c1-10-6-8-11(9-7-10)33(31,32)27-20(12-4-2-3-5-13(12)28(29)30)21(27)14-15(22)17(24)19(26)18(25)16(14)23/h2-9,20-21H,1H3/t20-,21-,27?/m1/s1. The Kier molecular flexibility index (Phi) is 5.45. The van der Waals surface area contributed by atoms with Crippen LogP contribution in [0.15, 0.2) is 53.4 Å². The number of hydrogen-bond donors (Lipinski definition) is 0. The molecule has 0 radical (unpaired) electrons. The zero-order valence-electron chi connectivity index (χ0n) is 16.6. The van der Waals surface area contributed by atoms with Crippen LogP contribution in [0.3, 0.4) is 0 Å². The maximum absolute atomic E-state index is 14.6. The summed E-state index contributed by atoms with van der Waals surface area (Å²) in [5.74, 6) is -11.3. The fourth-order valence-corrected chi connectivity index (χ4v) is 5.44. The topological polar surface area (TPSA) is 80.3 Å². The van der Waals surface area contributed by atoms with Crippen molar-refractivity contribution in [3.63, 3.8) is 0 Å². The quantitative estimate of drug-likeness (QED) is 0.126. The molecule has 1 unspecified atom stereocenters. The van der Waals surface area contributed by atoms with Crippen LogP contribution >= 0.6 is 0 Å². The minimum atomic E-state index is -4.55. The molecule has 0 aliphatic carbocycles. The van der Waals surface area contributed by atoms with Crippen molar-refractivity contribution in [2.24, 2.45) is 0 Å². The number of para-hydroxylation sites is 1. The molecule has 0 spiro atoms. The van der Waals surface area contributed by atoms with E-state index in [4.69, 9.17) is 0 Å². The SMILES string of the molecule is Cc1ccc(S(=O)(=O)N2[C@H](c3ccccc3[N+](=O)[O-])[C@H]2c2c(F)c(F)c(F)c(F)c2F)cc1. The number of nitro groups is 1. The first kappa shape index (κ1) is 22.8. The second-order valence-electron chi connectivity index (χ2n) is 7.34. The van der Waals surface area contributed by atoms with Crippen molar-refractivity contribution in [1.29, 1.82) is 0 Å². The molecule has 6 nitrogen and oxygen atoms in total. The number of nitro benzene ring substituents is 1. The zero-order chi connectivity index (χ0) is 24.2. The Morgan fingerprint density at radius 2 is 1.33 bits per heavy atom. The Labute approximate surface area is 184 Å². The van der Waals surface area contributed by atoms with Crippen molar-refractivity contribution in [3.05, 3.63) is 104 Å². The maximum atomic E-state index is 14.6. The van der Waals surface area contributed by atoms with Gasteiger partial charge in [0.15, 0.2) is 23.3 Å². The first-order valence-electron chi connectivity index (χ1n) is 9.33. The molecule has 1 saturated heterocycles. The third-order valence-electron chi connectivity index (χ3n) is 5.35. The van der Waals surface area contributed by atoms with E-state index < -0.39 is 67.4 Å². The van der Waals surface area contributed by atoms with Gasteiger partial charge in [-0.3, -0.25) is 10.1 Å². The Hall–Kier alpha value is -3.38. The van der Waals surface area contributed by atoms with Crippen LogP contribution in [-0.4, -0.2) is 17.6 Å². The van der Waals surface area contributed by atoms with Crippen molar-refractivity contribution in [2.45, 2.75) is 23.9 Å². The molecule has 172 valence electrons. The summed E-state index contributed by atoms with van der Waals surface area (Å²) in [7, 11) is -4.55. The van der Waals surface area contributed by atoms with E-state index in [-0.39, 0.29) is 10.5 Å². The molecule has 1 fully saturated rings. The highest BCUT2D eigenvalue weighted by Gasteiger charge is 2.61. The number of aryl methyl sites for hydroxylation is 1. The van der Waals surface area contributed by atoms with Gasteiger partial charge in [0.05, 0.1) is 33.0 Å². The first-order chi connectivity index (χ1) is 15.5. The number of rotatable bonds is 5. The highest BCUT2D eigenvalue weighted by Crippen LogP contribution is 2.60. The molecule has 3 atom stereocenters. The average molecular weight is 484 g/mol. The molecular weight excluding hydrogens is 471 g/mol. The summed E-state index contributed by atoms with van der Waals surface area (Å²) in [4.78, 5) is 10.3. The summed E-state index contributed by atoms with van der Waals surface area (Å²) in [6.45, 7) is 1.68. The minimum absolute atomic E-state index is 0.257. The van der Waals surface area contributed by atoms with E-state index >= 15 is 0 Å². The number of benzene rings is 3. The summed E-state index contributed by atoms with van der Waals surface area (Å²) >= 11 is 0. The molecular formula is C21H13F5N2O4S. The lowest BCUT2D eigenvalue weighted by Gasteiger charge is -2.09. The monoisotopic (exact) mass is 484 g/mol. The van der Waals surface area contributed by atoms with Crippen LogP contribution in [0, 0.1) is 46.1 Å². The van der Waals surface area contributed by atoms with Crippen LogP contribution in [0.25, 0.3) is 0 Å². The summed E-state index contributed by atoms with van der Waals surface area (Å²) in [6.07, 6.45) is 0. The summed E-state index contributed by atoms with van der Waals surface area (Å²) < 4.78 is 97.5. The van der Waals surface area contributed by atoms with Gasteiger partial charge in [0.1, 0.15) is 0 Å². The van der Waals surface area contributed by atoms with Crippen molar-refractivity contribution >= 4 is 15.7 Å². The molecule has 3 aromatic rings. The lowest BCUT2D eigenvalue weighted by Crippen LogP contribution is -2.15. The Morgan fingerprint density at radius 1 is 0.818 bits per heavy atom. The maximum Gasteiger partial charge on any atom is 0.274 e. The number of nitrogens with zero attached hydrogens (tertiary/aromatic N) is 2. The third kappa shape index (κ3) is 3.55. The lowest BCUT2D eigenvalue weighted by atomic mass is 10.0. The molecule has 0 saturated carbocycles. The van der Waals surface area contributed by atoms with Gasteiger partial charge < -0.3 is 0 Å². The lowest BCUT2D eigenvalue weighted by molar-refractivity contribution is -0.385. The summed E-state index contributed by atoms with van der Waals surface area (Å²) in [5, 5.41) is 11.5. The van der Waals surface area contributed by atoms with Crippen LogP contribution < -0.4 is 0 Å². The predicted molar refractivity (Wildman–Crippen MR) is 105 cm³/mol. The Bertz CT molecular complexity index is 1370. The summed E-state index contributed by atoms with van der Waals surface area (Å²) in [5.41, 5.74) is -1.51. The van der Waals surface area contributed by atoms with Gasteiger partial charge in [-0.1, -0.05) is 35.9 Å². The van der Waals surface area contributed by atoms with Crippen LogP contribution in [0.5, 0.6) is 0 Å². The van der Waals surface area contributed by atoms with Crippen molar-refractivity contribution in [3.8, 4) is 0 Å². The molecule has 0 aromatic heterocycles. The molecule has 3 aromatic carbocycles. The van der Waals surface area contributed by atoms with Gasteiger partial charge in [0.2, 0.25) is 15.8 Å². The van der Waals surface area contributed by atoms with E-state index in [1.54, 1.807) is 6.92 Å². The first-order valence-corrected chi connectivity index (χ1v) is 10.8. The van der Waals surface area contributed by atoms with Crippen LogP contribution in [0.2, 0.25) is 0 Å². The smallest absolute Gasteiger partial charge is 0.258 e. The Morgan fingerprint density at radius 3 is 1.88 bits per heavy atom. The molecule has 1 aliphatic rings. The number of halogens is 5. The molecule has 12 heteroatoms. The normalized spacial score (nSPS) is 20.0. The van der Waals surface area contributed by atoms with Gasteiger partial charge in [-0.25, -0.2) is 30.4 Å². The van der Waals surface area contributed by atoms with Crippen molar-refractivity contribution in [2.75, 3.05) is 0 Å². The second-order valence-corrected chi connectivity index (χ2v) is 9.18. The van der Waals surface area contributed by atoms with E-state index in [2.05, 4.69) is 0 Å². The fourth-order valence-electron chi connectivity index (χ4n) is 3.72. The fraction of sp³-hybridized carbons (Fsp3) is 0.143. The van der Waals surface area contributed by atoms with E-state index in [0.29, 0.717) is 9.87 Å². The number of sulfonamides is 1. The van der Waals surface area contributed by atoms with Gasteiger partial charge in [0.25, 0.3) is 5.69 Å².